The van der Waals surface area contributed by atoms with Crippen LogP contribution >= 0.6 is 0 Å². The Morgan fingerprint density at radius 1 is 1.13 bits per heavy atom. The summed E-state index contributed by atoms with van der Waals surface area (Å²) >= 11 is 0. The smallest absolute Gasteiger partial charge is 0.158 e. The lowest BCUT2D eigenvalue weighted by atomic mass is 10.1. The summed E-state index contributed by atoms with van der Waals surface area (Å²) in [5.74, 6) is 0.972. The van der Waals surface area contributed by atoms with Crippen LogP contribution in [0.1, 0.15) is 39.5 Å². The molecule has 0 bridgehead atoms. The summed E-state index contributed by atoms with van der Waals surface area (Å²) in [7, 11) is 0. The molecular weight excluding hydrogens is 382 g/mol. The molecule has 3 aliphatic heterocycles. The van der Waals surface area contributed by atoms with Gasteiger partial charge in [0.2, 0.25) is 0 Å². The molecule has 4 rings (SSSR count). The van der Waals surface area contributed by atoms with Gasteiger partial charge in [-0.2, -0.15) is 0 Å². The molecule has 3 heterocycles. The lowest BCUT2D eigenvalue weighted by molar-refractivity contribution is -0.153. The first-order chi connectivity index (χ1) is 14.7. The standard InChI is InChI=1S/C23H35N3O4/c1-18(2)29-22-8-4-3-7-21(22)26-12-10-25(11-13-26)16-20-15-19(24-30-20)17-28-23-9-5-6-14-27-23/h3-4,7-8,18,20,23H,5-6,9-17H2,1-2H3. The van der Waals surface area contributed by atoms with E-state index < -0.39 is 0 Å². The van der Waals surface area contributed by atoms with Gasteiger partial charge in [-0.25, -0.2) is 0 Å². The average Bonchev–Trinajstić information content (AvgIpc) is 3.21. The Morgan fingerprint density at radius 3 is 2.73 bits per heavy atom. The molecule has 2 fully saturated rings. The maximum Gasteiger partial charge on any atom is 0.158 e. The van der Waals surface area contributed by atoms with E-state index in [1.807, 2.05) is 6.07 Å². The van der Waals surface area contributed by atoms with E-state index in [4.69, 9.17) is 19.0 Å². The van der Waals surface area contributed by atoms with Gasteiger partial charge in [0.1, 0.15) is 11.9 Å². The van der Waals surface area contributed by atoms with Crippen LogP contribution in [0.4, 0.5) is 5.69 Å². The van der Waals surface area contributed by atoms with Crippen LogP contribution in [-0.2, 0) is 14.3 Å². The highest BCUT2D eigenvalue weighted by atomic mass is 16.7. The van der Waals surface area contributed by atoms with Crippen LogP contribution in [-0.4, -0.2) is 75.0 Å². The van der Waals surface area contributed by atoms with Crippen molar-refractivity contribution in [3.8, 4) is 5.75 Å². The molecule has 0 spiro atoms. The van der Waals surface area contributed by atoms with Gasteiger partial charge in [0, 0.05) is 45.8 Å². The number of hydrogen-bond donors (Lipinski definition) is 0. The van der Waals surface area contributed by atoms with Crippen molar-refractivity contribution in [3.63, 3.8) is 0 Å². The lowest BCUT2D eigenvalue weighted by Crippen LogP contribution is -2.48. The molecule has 0 amide bonds. The Bertz CT molecular complexity index is 697. The highest BCUT2D eigenvalue weighted by Crippen LogP contribution is 2.30. The van der Waals surface area contributed by atoms with Crippen LogP contribution in [0.5, 0.6) is 5.75 Å². The van der Waals surface area contributed by atoms with E-state index in [-0.39, 0.29) is 18.5 Å². The minimum Gasteiger partial charge on any atom is -0.489 e. The first kappa shape index (κ1) is 21.4. The van der Waals surface area contributed by atoms with Crippen molar-refractivity contribution in [2.75, 3.05) is 50.8 Å². The number of para-hydroxylation sites is 2. The van der Waals surface area contributed by atoms with E-state index in [2.05, 4.69) is 47.0 Å². The van der Waals surface area contributed by atoms with Gasteiger partial charge in [0.15, 0.2) is 6.29 Å². The van der Waals surface area contributed by atoms with Crippen LogP contribution in [0.25, 0.3) is 0 Å². The Labute approximate surface area is 179 Å². The fourth-order valence-electron chi connectivity index (χ4n) is 4.23. The quantitative estimate of drug-likeness (QED) is 0.647. The summed E-state index contributed by atoms with van der Waals surface area (Å²) in [4.78, 5) is 10.6. The fourth-order valence-corrected chi connectivity index (χ4v) is 4.23. The molecule has 7 nitrogen and oxygen atoms in total. The van der Waals surface area contributed by atoms with Gasteiger partial charge in [0.05, 0.1) is 24.1 Å². The van der Waals surface area contributed by atoms with E-state index in [1.54, 1.807) is 0 Å². The Kier molecular flexibility index (Phi) is 7.47. The van der Waals surface area contributed by atoms with Gasteiger partial charge in [-0.05, 0) is 45.2 Å². The van der Waals surface area contributed by atoms with Crippen molar-refractivity contribution in [3.05, 3.63) is 24.3 Å². The van der Waals surface area contributed by atoms with E-state index in [9.17, 15) is 0 Å². The van der Waals surface area contributed by atoms with Crippen LogP contribution in [0.3, 0.4) is 0 Å². The molecule has 2 saturated heterocycles. The number of piperazine rings is 1. The van der Waals surface area contributed by atoms with E-state index >= 15 is 0 Å². The third kappa shape index (κ3) is 5.86. The highest BCUT2D eigenvalue weighted by molar-refractivity contribution is 5.86. The zero-order valence-electron chi connectivity index (χ0n) is 18.3. The van der Waals surface area contributed by atoms with Crippen molar-refractivity contribution in [1.29, 1.82) is 0 Å². The number of rotatable bonds is 8. The molecular formula is C23H35N3O4. The Hall–Kier alpha value is -1.83. The van der Waals surface area contributed by atoms with Crippen molar-refractivity contribution >= 4 is 11.4 Å². The minimum atomic E-state index is -0.0730. The van der Waals surface area contributed by atoms with Crippen LogP contribution in [0, 0.1) is 0 Å². The van der Waals surface area contributed by atoms with Crippen LogP contribution in [0.2, 0.25) is 0 Å². The van der Waals surface area contributed by atoms with Crippen molar-refractivity contribution in [1.82, 2.24) is 4.90 Å². The SMILES string of the molecule is CC(C)Oc1ccccc1N1CCN(CC2CC(COC3CCCCO3)=NO2)CC1. The second-order valence-corrected chi connectivity index (χ2v) is 8.62. The monoisotopic (exact) mass is 417 g/mol. The number of nitrogens with zero attached hydrogens (tertiary/aromatic N) is 3. The molecule has 2 atom stereocenters. The van der Waals surface area contributed by atoms with Gasteiger partial charge in [-0.1, -0.05) is 17.3 Å². The molecule has 0 aliphatic carbocycles. The number of oxime groups is 1. The van der Waals surface area contributed by atoms with Gasteiger partial charge in [-0.3, -0.25) is 4.90 Å². The molecule has 1 aromatic carbocycles. The van der Waals surface area contributed by atoms with E-state index in [0.717, 1.165) is 70.1 Å². The molecule has 0 radical (unpaired) electrons. The molecule has 7 heteroatoms. The van der Waals surface area contributed by atoms with Crippen LogP contribution in [0.15, 0.2) is 29.4 Å². The van der Waals surface area contributed by atoms with Gasteiger partial charge < -0.3 is 23.9 Å². The van der Waals surface area contributed by atoms with Gasteiger partial charge >= 0.3 is 0 Å². The second kappa shape index (κ2) is 10.5. The summed E-state index contributed by atoms with van der Waals surface area (Å²) in [6.07, 6.45) is 4.36. The maximum absolute atomic E-state index is 6.00. The number of ether oxygens (including phenoxy) is 3. The third-order valence-electron chi connectivity index (χ3n) is 5.77. The molecule has 1 aromatic rings. The van der Waals surface area contributed by atoms with Crippen LogP contribution < -0.4 is 9.64 Å². The van der Waals surface area contributed by atoms with Crippen molar-refractivity contribution in [2.24, 2.45) is 5.16 Å². The highest BCUT2D eigenvalue weighted by Gasteiger charge is 2.27. The number of benzene rings is 1. The number of anilines is 1. The molecule has 3 aliphatic rings. The summed E-state index contributed by atoms with van der Waals surface area (Å²) in [5, 5.41) is 4.25. The molecule has 30 heavy (non-hydrogen) atoms. The van der Waals surface area contributed by atoms with E-state index in [1.165, 1.54) is 12.1 Å². The number of hydrogen-bond acceptors (Lipinski definition) is 7. The largest absolute Gasteiger partial charge is 0.489 e. The molecule has 166 valence electrons. The summed E-state index contributed by atoms with van der Waals surface area (Å²) in [5.41, 5.74) is 2.18. The average molecular weight is 418 g/mol. The zero-order valence-corrected chi connectivity index (χ0v) is 18.3. The summed E-state index contributed by atoms with van der Waals surface area (Å²) < 4.78 is 17.5. The first-order valence-electron chi connectivity index (χ1n) is 11.3. The zero-order chi connectivity index (χ0) is 20.8. The Balaban J connectivity index is 1.19. The predicted molar refractivity (Wildman–Crippen MR) is 117 cm³/mol. The molecule has 0 N–H and O–H groups in total. The van der Waals surface area contributed by atoms with Gasteiger partial charge in [0.25, 0.3) is 0 Å². The first-order valence-corrected chi connectivity index (χ1v) is 11.3. The van der Waals surface area contributed by atoms with Gasteiger partial charge in [-0.15, -0.1) is 0 Å². The van der Waals surface area contributed by atoms with E-state index in [0.29, 0.717) is 6.61 Å². The topological polar surface area (TPSA) is 55.8 Å². The second-order valence-electron chi connectivity index (χ2n) is 8.62. The summed E-state index contributed by atoms with van der Waals surface area (Å²) in [6.45, 7) is 10.4. The maximum atomic E-state index is 6.00. The fraction of sp³-hybridized carbons (Fsp3) is 0.696. The van der Waals surface area contributed by atoms with Crippen molar-refractivity contribution < 1.29 is 19.0 Å². The predicted octanol–water partition coefficient (Wildman–Crippen LogP) is 3.28. The molecule has 0 aromatic heterocycles. The Morgan fingerprint density at radius 2 is 1.97 bits per heavy atom. The molecule has 2 unspecified atom stereocenters. The lowest BCUT2D eigenvalue weighted by Gasteiger charge is -2.37. The molecule has 0 saturated carbocycles. The third-order valence-corrected chi connectivity index (χ3v) is 5.77. The van der Waals surface area contributed by atoms with Crippen molar-refractivity contribution in [2.45, 2.75) is 58.0 Å². The normalized spacial score (nSPS) is 25.3. The summed E-state index contributed by atoms with van der Waals surface area (Å²) in [6, 6.07) is 8.34. The minimum absolute atomic E-state index is 0.0730.